The molecule has 1 aliphatic rings. The number of ketones is 1. The average molecular weight is 319 g/mol. The normalized spacial score (nSPS) is 13.2. The second kappa shape index (κ2) is 5.84. The van der Waals surface area contributed by atoms with Crippen LogP contribution in [0.5, 0.6) is 11.5 Å². The third-order valence-corrected chi connectivity index (χ3v) is 4.20. The van der Waals surface area contributed by atoms with Crippen LogP contribution < -0.4 is 4.74 Å². The predicted molar refractivity (Wildman–Crippen MR) is 84.3 cm³/mol. The number of hydrogen-bond donors (Lipinski definition) is 1. The number of benzene rings is 2. The molecular weight excluding hydrogens is 308 g/mol. The molecule has 21 heavy (non-hydrogen) atoms. The lowest BCUT2D eigenvalue weighted by atomic mass is 10.1. The summed E-state index contributed by atoms with van der Waals surface area (Å²) in [6, 6.07) is 10.3. The number of phenols is 1. The quantitative estimate of drug-likeness (QED) is 0.673. The molecule has 106 valence electrons. The summed E-state index contributed by atoms with van der Waals surface area (Å²) in [5.74, 6) is 0.795. The Bertz CT molecular complexity index is 740. The highest BCUT2D eigenvalue weighted by atomic mass is 35.5. The van der Waals surface area contributed by atoms with Gasteiger partial charge in [0.2, 0.25) is 0 Å². The smallest absolute Gasteiger partial charge is 0.190 e. The van der Waals surface area contributed by atoms with Gasteiger partial charge in [0.1, 0.15) is 17.4 Å². The fourth-order valence-corrected chi connectivity index (χ4v) is 3.19. The number of halogens is 1. The first-order valence-corrected chi connectivity index (χ1v) is 7.61. The van der Waals surface area contributed by atoms with E-state index in [4.69, 9.17) is 16.3 Å². The Labute approximate surface area is 131 Å². The topological polar surface area (TPSA) is 46.5 Å². The van der Waals surface area contributed by atoms with Gasteiger partial charge in [-0.1, -0.05) is 41.6 Å². The zero-order valence-electron chi connectivity index (χ0n) is 10.9. The van der Waals surface area contributed by atoms with Crippen LogP contribution >= 0.6 is 23.4 Å². The van der Waals surface area contributed by atoms with Crippen LogP contribution in [0.25, 0.3) is 6.08 Å². The summed E-state index contributed by atoms with van der Waals surface area (Å²) >= 11 is 7.30. The highest BCUT2D eigenvalue weighted by Gasteiger charge is 2.23. The molecule has 0 spiro atoms. The summed E-state index contributed by atoms with van der Waals surface area (Å²) in [5.41, 5.74) is 1.11. The molecule has 1 N–H and O–H groups in total. The largest absolute Gasteiger partial charge is 0.507 e. The summed E-state index contributed by atoms with van der Waals surface area (Å²) in [6.45, 7) is 0. The first-order valence-electron chi connectivity index (χ1n) is 6.25. The van der Waals surface area contributed by atoms with Crippen molar-refractivity contribution in [2.75, 3.05) is 5.94 Å². The standard InChI is InChI=1S/C16H11ClO3S/c17-11-3-1-2-10(8-11)4-5-12(18)15-13(19)6-7-14-16(15)21-9-20-14/h1-8,19H,9H2/b5-4+. The van der Waals surface area contributed by atoms with Crippen LogP contribution in [0.2, 0.25) is 5.02 Å². The van der Waals surface area contributed by atoms with Gasteiger partial charge in [-0.05, 0) is 35.9 Å². The Kier molecular flexibility index (Phi) is 3.90. The number of carbonyl (C=O) groups excluding carboxylic acids is 1. The maximum Gasteiger partial charge on any atom is 0.190 e. The van der Waals surface area contributed by atoms with Gasteiger partial charge in [0.25, 0.3) is 0 Å². The molecule has 0 fully saturated rings. The Morgan fingerprint density at radius 2 is 2.19 bits per heavy atom. The molecule has 2 aromatic rings. The van der Waals surface area contributed by atoms with Crippen molar-refractivity contribution >= 4 is 35.2 Å². The molecule has 0 unspecified atom stereocenters. The van der Waals surface area contributed by atoms with Crippen molar-refractivity contribution in [1.82, 2.24) is 0 Å². The molecule has 0 aromatic heterocycles. The minimum atomic E-state index is -0.262. The second-order valence-corrected chi connectivity index (χ2v) is 5.82. The van der Waals surface area contributed by atoms with E-state index in [0.29, 0.717) is 21.6 Å². The fourth-order valence-electron chi connectivity index (χ4n) is 2.07. The van der Waals surface area contributed by atoms with Crippen molar-refractivity contribution in [3.63, 3.8) is 0 Å². The van der Waals surface area contributed by atoms with Crippen molar-refractivity contribution in [3.05, 3.63) is 58.6 Å². The molecule has 0 amide bonds. The number of thioether (sulfide) groups is 1. The summed E-state index contributed by atoms with van der Waals surface area (Å²) in [4.78, 5) is 13.0. The molecule has 0 saturated carbocycles. The van der Waals surface area contributed by atoms with Crippen LogP contribution in [0.15, 0.2) is 47.4 Å². The maximum absolute atomic E-state index is 12.3. The first-order chi connectivity index (χ1) is 10.1. The number of allylic oxidation sites excluding steroid dienone is 1. The number of ether oxygens (including phenoxy) is 1. The lowest BCUT2D eigenvalue weighted by Gasteiger charge is -2.05. The highest BCUT2D eigenvalue weighted by Crippen LogP contribution is 2.42. The number of rotatable bonds is 3. The summed E-state index contributed by atoms with van der Waals surface area (Å²) < 4.78 is 5.38. The van der Waals surface area contributed by atoms with E-state index in [0.717, 1.165) is 5.56 Å². The minimum Gasteiger partial charge on any atom is -0.507 e. The van der Waals surface area contributed by atoms with Crippen molar-refractivity contribution in [2.45, 2.75) is 4.90 Å². The van der Waals surface area contributed by atoms with E-state index in [2.05, 4.69) is 0 Å². The molecular formula is C16H11ClO3S. The van der Waals surface area contributed by atoms with Gasteiger partial charge < -0.3 is 9.84 Å². The number of phenolic OH excluding ortho intramolecular Hbond substituents is 1. The van der Waals surface area contributed by atoms with Gasteiger partial charge >= 0.3 is 0 Å². The molecule has 2 aromatic carbocycles. The van der Waals surface area contributed by atoms with E-state index >= 15 is 0 Å². The molecule has 3 rings (SSSR count). The third kappa shape index (κ3) is 2.91. The van der Waals surface area contributed by atoms with Crippen LogP contribution in [0.4, 0.5) is 0 Å². The van der Waals surface area contributed by atoms with Crippen LogP contribution in [0.1, 0.15) is 15.9 Å². The number of fused-ring (bicyclic) bond motifs is 1. The molecule has 0 aliphatic carbocycles. The van der Waals surface area contributed by atoms with E-state index < -0.39 is 0 Å². The van der Waals surface area contributed by atoms with Gasteiger partial charge in [-0.15, -0.1) is 0 Å². The monoisotopic (exact) mass is 318 g/mol. The Morgan fingerprint density at radius 3 is 3.00 bits per heavy atom. The lowest BCUT2D eigenvalue weighted by Crippen LogP contribution is -1.97. The van der Waals surface area contributed by atoms with Crippen molar-refractivity contribution < 1.29 is 14.6 Å². The van der Waals surface area contributed by atoms with Gasteiger partial charge in [-0.2, -0.15) is 0 Å². The lowest BCUT2D eigenvalue weighted by molar-refractivity contribution is 0.104. The van der Waals surface area contributed by atoms with Crippen molar-refractivity contribution in [2.24, 2.45) is 0 Å². The van der Waals surface area contributed by atoms with Crippen LogP contribution in [-0.4, -0.2) is 16.8 Å². The van der Waals surface area contributed by atoms with Crippen molar-refractivity contribution in [1.29, 1.82) is 0 Å². The molecule has 1 heterocycles. The average Bonchev–Trinajstić information content (AvgIpc) is 2.93. The Balaban J connectivity index is 1.91. The molecule has 0 radical (unpaired) electrons. The van der Waals surface area contributed by atoms with Crippen LogP contribution in [-0.2, 0) is 0 Å². The molecule has 0 atom stereocenters. The van der Waals surface area contributed by atoms with E-state index in [1.54, 1.807) is 24.3 Å². The van der Waals surface area contributed by atoms with E-state index in [1.165, 1.54) is 23.9 Å². The van der Waals surface area contributed by atoms with Gasteiger partial charge in [-0.3, -0.25) is 4.79 Å². The van der Waals surface area contributed by atoms with E-state index in [-0.39, 0.29) is 17.1 Å². The van der Waals surface area contributed by atoms with Gasteiger partial charge in [0.05, 0.1) is 10.5 Å². The molecule has 1 aliphatic heterocycles. The van der Waals surface area contributed by atoms with Crippen LogP contribution in [0.3, 0.4) is 0 Å². The molecule has 5 heteroatoms. The fraction of sp³-hybridized carbons (Fsp3) is 0.0625. The highest BCUT2D eigenvalue weighted by molar-refractivity contribution is 7.99. The zero-order valence-corrected chi connectivity index (χ0v) is 12.4. The second-order valence-electron chi connectivity index (χ2n) is 4.45. The molecule has 0 bridgehead atoms. The van der Waals surface area contributed by atoms with Crippen molar-refractivity contribution in [3.8, 4) is 11.5 Å². The third-order valence-electron chi connectivity index (χ3n) is 3.04. The van der Waals surface area contributed by atoms with Gasteiger partial charge in [0.15, 0.2) is 5.78 Å². The van der Waals surface area contributed by atoms with E-state index in [9.17, 15) is 9.90 Å². The summed E-state index contributed by atoms with van der Waals surface area (Å²) in [5, 5.41) is 10.6. The maximum atomic E-state index is 12.3. The molecule has 0 saturated heterocycles. The first kappa shape index (κ1) is 14.0. The Morgan fingerprint density at radius 1 is 1.33 bits per heavy atom. The number of aromatic hydroxyl groups is 1. The van der Waals surface area contributed by atoms with Gasteiger partial charge in [0, 0.05) is 5.02 Å². The van der Waals surface area contributed by atoms with Crippen LogP contribution in [0, 0.1) is 0 Å². The van der Waals surface area contributed by atoms with Gasteiger partial charge in [-0.25, -0.2) is 0 Å². The number of hydrogen-bond acceptors (Lipinski definition) is 4. The van der Waals surface area contributed by atoms with E-state index in [1.807, 2.05) is 12.1 Å². The number of carbonyl (C=O) groups is 1. The minimum absolute atomic E-state index is 0.0347. The zero-order chi connectivity index (χ0) is 14.8. The summed E-state index contributed by atoms with van der Waals surface area (Å²) in [6.07, 6.45) is 3.10. The predicted octanol–water partition coefficient (Wildman–Crippen LogP) is 4.38. The SMILES string of the molecule is O=C(/C=C/c1cccc(Cl)c1)c1c(O)ccc2c1SCO2. The Hall–Kier alpha value is -1.91. The molecule has 3 nitrogen and oxygen atoms in total. The summed E-state index contributed by atoms with van der Waals surface area (Å²) in [7, 11) is 0.